The standard InChI is InChI=1S/C10H13N3/c11-8-10(9-4-1-2-5-9)13-7-3-6-12-13/h3,6-7,9-10H,1-2,4-5H2. The molecule has 1 atom stereocenters. The molecule has 0 saturated heterocycles. The van der Waals surface area contributed by atoms with E-state index in [0.29, 0.717) is 5.92 Å². The summed E-state index contributed by atoms with van der Waals surface area (Å²) in [6, 6.07) is 4.18. The minimum Gasteiger partial charge on any atom is -0.255 e. The van der Waals surface area contributed by atoms with Crippen LogP contribution in [0.3, 0.4) is 0 Å². The summed E-state index contributed by atoms with van der Waals surface area (Å²) in [5, 5.41) is 13.2. The van der Waals surface area contributed by atoms with Gasteiger partial charge in [-0.1, -0.05) is 12.8 Å². The average Bonchev–Trinajstić information content (AvgIpc) is 2.76. The first-order chi connectivity index (χ1) is 6.42. The molecule has 3 heteroatoms. The Hall–Kier alpha value is -1.30. The van der Waals surface area contributed by atoms with Gasteiger partial charge in [0, 0.05) is 12.4 Å². The highest BCUT2D eigenvalue weighted by molar-refractivity contribution is 4.96. The van der Waals surface area contributed by atoms with Gasteiger partial charge in [0.25, 0.3) is 0 Å². The SMILES string of the molecule is N#CC(C1CCCC1)n1cccn1. The summed E-state index contributed by atoms with van der Waals surface area (Å²) in [4.78, 5) is 0. The predicted molar refractivity (Wildman–Crippen MR) is 48.8 cm³/mol. The summed E-state index contributed by atoms with van der Waals surface area (Å²) in [5.74, 6) is 0.518. The van der Waals surface area contributed by atoms with E-state index in [-0.39, 0.29) is 6.04 Å². The molecule has 1 aromatic heterocycles. The van der Waals surface area contributed by atoms with E-state index in [9.17, 15) is 0 Å². The first-order valence-corrected chi connectivity index (χ1v) is 4.80. The van der Waals surface area contributed by atoms with Crippen molar-refractivity contribution < 1.29 is 0 Å². The van der Waals surface area contributed by atoms with E-state index in [0.717, 1.165) is 0 Å². The summed E-state index contributed by atoms with van der Waals surface area (Å²) < 4.78 is 1.79. The van der Waals surface area contributed by atoms with Crippen LogP contribution in [0.4, 0.5) is 0 Å². The fourth-order valence-electron chi connectivity index (χ4n) is 2.10. The Kier molecular flexibility index (Phi) is 2.31. The van der Waals surface area contributed by atoms with Gasteiger partial charge in [-0.3, -0.25) is 4.68 Å². The third kappa shape index (κ3) is 1.57. The van der Waals surface area contributed by atoms with E-state index in [1.807, 2.05) is 12.3 Å². The Bertz CT molecular complexity index is 290. The molecular formula is C10H13N3. The highest BCUT2D eigenvalue weighted by Crippen LogP contribution is 2.33. The van der Waals surface area contributed by atoms with E-state index in [1.165, 1.54) is 25.7 Å². The van der Waals surface area contributed by atoms with Crippen LogP contribution in [0.1, 0.15) is 31.7 Å². The number of hydrogen-bond donors (Lipinski definition) is 0. The molecule has 1 fully saturated rings. The van der Waals surface area contributed by atoms with Crippen molar-refractivity contribution in [3.8, 4) is 6.07 Å². The lowest BCUT2D eigenvalue weighted by Crippen LogP contribution is -2.15. The van der Waals surface area contributed by atoms with Crippen LogP contribution < -0.4 is 0 Å². The molecule has 2 rings (SSSR count). The molecule has 0 radical (unpaired) electrons. The molecule has 1 aliphatic rings. The van der Waals surface area contributed by atoms with E-state index in [4.69, 9.17) is 5.26 Å². The maximum Gasteiger partial charge on any atom is 0.141 e. The van der Waals surface area contributed by atoms with Gasteiger partial charge in [-0.2, -0.15) is 10.4 Å². The highest BCUT2D eigenvalue weighted by atomic mass is 15.3. The Balaban J connectivity index is 2.14. The fourth-order valence-corrected chi connectivity index (χ4v) is 2.10. The first-order valence-electron chi connectivity index (χ1n) is 4.80. The van der Waals surface area contributed by atoms with Crippen molar-refractivity contribution in [2.75, 3.05) is 0 Å². The van der Waals surface area contributed by atoms with Crippen LogP contribution in [0.25, 0.3) is 0 Å². The molecule has 0 spiro atoms. The van der Waals surface area contributed by atoms with Crippen LogP contribution in [0.5, 0.6) is 0 Å². The molecule has 0 N–H and O–H groups in total. The number of aromatic nitrogens is 2. The topological polar surface area (TPSA) is 41.6 Å². The van der Waals surface area contributed by atoms with Crippen molar-refractivity contribution in [1.82, 2.24) is 9.78 Å². The summed E-state index contributed by atoms with van der Waals surface area (Å²) >= 11 is 0. The van der Waals surface area contributed by atoms with Gasteiger partial charge in [0.2, 0.25) is 0 Å². The molecule has 0 amide bonds. The van der Waals surface area contributed by atoms with Crippen LogP contribution >= 0.6 is 0 Å². The molecule has 1 aliphatic carbocycles. The van der Waals surface area contributed by atoms with Gasteiger partial charge in [-0.15, -0.1) is 0 Å². The van der Waals surface area contributed by atoms with Gasteiger partial charge in [-0.25, -0.2) is 0 Å². The van der Waals surface area contributed by atoms with E-state index >= 15 is 0 Å². The van der Waals surface area contributed by atoms with Gasteiger partial charge >= 0.3 is 0 Å². The zero-order valence-corrected chi connectivity index (χ0v) is 7.56. The predicted octanol–water partition coefficient (Wildman–Crippen LogP) is 2.14. The highest BCUT2D eigenvalue weighted by Gasteiger charge is 2.26. The molecular weight excluding hydrogens is 162 g/mol. The van der Waals surface area contributed by atoms with Crippen LogP contribution in [-0.2, 0) is 0 Å². The van der Waals surface area contributed by atoms with Crippen molar-refractivity contribution in [2.45, 2.75) is 31.7 Å². The molecule has 0 bridgehead atoms. The zero-order valence-electron chi connectivity index (χ0n) is 7.56. The molecule has 1 unspecified atom stereocenters. The third-order valence-electron chi connectivity index (χ3n) is 2.79. The zero-order chi connectivity index (χ0) is 9.10. The van der Waals surface area contributed by atoms with Crippen molar-refractivity contribution in [2.24, 2.45) is 5.92 Å². The maximum atomic E-state index is 9.05. The summed E-state index contributed by atoms with van der Waals surface area (Å²) in [6.07, 6.45) is 8.51. The number of hydrogen-bond acceptors (Lipinski definition) is 2. The van der Waals surface area contributed by atoms with Crippen LogP contribution in [0.15, 0.2) is 18.5 Å². The van der Waals surface area contributed by atoms with Gasteiger partial charge in [0.1, 0.15) is 6.04 Å². The van der Waals surface area contributed by atoms with Gasteiger partial charge in [-0.05, 0) is 24.8 Å². The Morgan fingerprint density at radius 3 is 2.77 bits per heavy atom. The smallest absolute Gasteiger partial charge is 0.141 e. The number of nitriles is 1. The van der Waals surface area contributed by atoms with E-state index in [2.05, 4.69) is 11.2 Å². The first kappa shape index (κ1) is 8.31. The minimum atomic E-state index is -0.0440. The lowest BCUT2D eigenvalue weighted by Gasteiger charge is -2.16. The van der Waals surface area contributed by atoms with Crippen molar-refractivity contribution in [1.29, 1.82) is 5.26 Å². The second-order valence-corrected chi connectivity index (χ2v) is 3.60. The third-order valence-corrected chi connectivity index (χ3v) is 2.79. The monoisotopic (exact) mass is 175 g/mol. The molecule has 0 aromatic carbocycles. The van der Waals surface area contributed by atoms with Crippen LogP contribution in [0, 0.1) is 17.2 Å². The van der Waals surface area contributed by atoms with Gasteiger partial charge in [0.15, 0.2) is 0 Å². The van der Waals surface area contributed by atoms with Crippen molar-refractivity contribution in [3.05, 3.63) is 18.5 Å². The minimum absolute atomic E-state index is 0.0440. The lowest BCUT2D eigenvalue weighted by molar-refractivity contribution is 0.377. The summed E-state index contributed by atoms with van der Waals surface area (Å²) in [5.41, 5.74) is 0. The Morgan fingerprint density at radius 2 is 2.23 bits per heavy atom. The number of rotatable bonds is 2. The Labute approximate surface area is 78.0 Å². The molecule has 13 heavy (non-hydrogen) atoms. The van der Waals surface area contributed by atoms with Crippen LogP contribution in [-0.4, -0.2) is 9.78 Å². The number of nitrogens with zero attached hydrogens (tertiary/aromatic N) is 3. The maximum absolute atomic E-state index is 9.05. The molecule has 3 nitrogen and oxygen atoms in total. The van der Waals surface area contributed by atoms with Crippen LogP contribution in [0.2, 0.25) is 0 Å². The second-order valence-electron chi connectivity index (χ2n) is 3.60. The Morgan fingerprint density at radius 1 is 1.46 bits per heavy atom. The fraction of sp³-hybridized carbons (Fsp3) is 0.600. The largest absolute Gasteiger partial charge is 0.255 e. The van der Waals surface area contributed by atoms with Crippen molar-refractivity contribution in [3.63, 3.8) is 0 Å². The average molecular weight is 175 g/mol. The molecule has 1 saturated carbocycles. The summed E-state index contributed by atoms with van der Waals surface area (Å²) in [7, 11) is 0. The van der Waals surface area contributed by atoms with Gasteiger partial charge < -0.3 is 0 Å². The van der Waals surface area contributed by atoms with E-state index in [1.54, 1.807) is 10.9 Å². The molecule has 1 aromatic rings. The second kappa shape index (κ2) is 3.61. The van der Waals surface area contributed by atoms with Gasteiger partial charge in [0.05, 0.1) is 6.07 Å². The normalized spacial score (nSPS) is 19.9. The molecule has 68 valence electrons. The summed E-state index contributed by atoms with van der Waals surface area (Å²) in [6.45, 7) is 0. The molecule has 0 aliphatic heterocycles. The van der Waals surface area contributed by atoms with Crippen molar-refractivity contribution >= 4 is 0 Å². The van der Waals surface area contributed by atoms with E-state index < -0.39 is 0 Å². The molecule has 1 heterocycles. The quantitative estimate of drug-likeness (QED) is 0.691. The lowest BCUT2D eigenvalue weighted by atomic mass is 10.00.